The molecule has 0 aliphatic carbocycles. The number of rotatable bonds is 4. The summed E-state index contributed by atoms with van der Waals surface area (Å²) in [5, 5.41) is 0. The number of carbonyl (C=O) groups is 1. The molecule has 0 N–H and O–H groups in total. The molecular weight excluding hydrogens is 348 g/mol. The summed E-state index contributed by atoms with van der Waals surface area (Å²) in [6.07, 6.45) is 2.71. The third-order valence-corrected chi connectivity index (χ3v) is 6.20. The minimum atomic E-state index is -0.166. The number of carbonyl (C=O) groups excluding carboxylic acids is 1. The van der Waals surface area contributed by atoms with E-state index in [-0.39, 0.29) is 11.7 Å². The van der Waals surface area contributed by atoms with Crippen molar-refractivity contribution in [3.63, 3.8) is 0 Å². The third-order valence-electron chi connectivity index (χ3n) is 6.20. The zero-order valence-electron chi connectivity index (χ0n) is 16.1. The van der Waals surface area contributed by atoms with Crippen LogP contribution in [0, 0.1) is 5.92 Å². The zero-order valence-corrected chi connectivity index (χ0v) is 16.1. The normalized spacial score (nSPS) is 19.6. The smallest absolute Gasteiger partial charge is 0.184 e. The SMILES string of the molecule is C[C@H](C(=O)C1=Nc2cc3c(cc2C1)CN=C3C1CCOCC1)c1ccccc1. The lowest BCUT2D eigenvalue weighted by Crippen LogP contribution is -2.23. The van der Waals surface area contributed by atoms with Gasteiger partial charge < -0.3 is 4.74 Å². The van der Waals surface area contributed by atoms with Crippen molar-refractivity contribution in [2.24, 2.45) is 15.9 Å². The minimum Gasteiger partial charge on any atom is -0.381 e. The summed E-state index contributed by atoms with van der Waals surface area (Å²) < 4.78 is 5.51. The first-order chi connectivity index (χ1) is 13.7. The van der Waals surface area contributed by atoms with E-state index in [1.807, 2.05) is 37.3 Å². The highest BCUT2D eigenvalue weighted by Gasteiger charge is 2.30. The van der Waals surface area contributed by atoms with Gasteiger partial charge in [0.05, 0.1) is 17.9 Å². The van der Waals surface area contributed by atoms with Gasteiger partial charge in [-0.15, -0.1) is 0 Å². The van der Waals surface area contributed by atoms with Gasteiger partial charge in [-0.25, -0.2) is 4.99 Å². The highest BCUT2D eigenvalue weighted by molar-refractivity contribution is 6.43. The van der Waals surface area contributed by atoms with Gasteiger partial charge >= 0.3 is 0 Å². The van der Waals surface area contributed by atoms with Crippen molar-refractivity contribution in [2.75, 3.05) is 13.2 Å². The van der Waals surface area contributed by atoms with Crippen LogP contribution in [-0.4, -0.2) is 30.4 Å². The van der Waals surface area contributed by atoms with Crippen molar-refractivity contribution in [3.8, 4) is 0 Å². The predicted octanol–water partition coefficient (Wildman–Crippen LogP) is 4.42. The molecule has 0 aromatic heterocycles. The molecule has 0 unspecified atom stereocenters. The van der Waals surface area contributed by atoms with Crippen molar-refractivity contribution in [3.05, 3.63) is 64.7 Å². The van der Waals surface area contributed by atoms with Gasteiger partial charge in [-0.3, -0.25) is 9.79 Å². The Morgan fingerprint density at radius 1 is 1.11 bits per heavy atom. The van der Waals surface area contributed by atoms with Crippen LogP contribution in [0.1, 0.15) is 47.9 Å². The van der Waals surface area contributed by atoms with E-state index < -0.39 is 0 Å². The Bertz CT molecular complexity index is 985. The maximum absolute atomic E-state index is 13.0. The highest BCUT2D eigenvalue weighted by atomic mass is 16.5. The summed E-state index contributed by atoms with van der Waals surface area (Å²) in [5.74, 6) is 0.444. The van der Waals surface area contributed by atoms with Crippen molar-refractivity contribution in [1.82, 2.24) is 0 Å². The van der Waals surface area contributed by atoms with Gasteiger partial charge in [0.25, 0.3) is 0 Å². The summed E-state index contributed by atoms with van der Waals surface area (Å²) in [6, 6.07) is 14.3. The topological polar surface area (TPSA) is 51.0 Å². The highest BCUT2D eigenvalue weighted by Crippen LogP contribution is 2.36. The van der Waals surface area contributed by atoms with Gasteiger partial charge in [-0.2, -0.15) is 0 Å². The minimum absolute atomic E-state index is 0.126. The molecule has 142 valence electrons. The fourth-order valence-electron chi connectivity index (χ4n) is 4.53. The second-order valence-corrected chi connectivity index (χ2v) is 7.96. The third kappa shape index (κ3) is 3.02. The molecule has 3 heterocycles. The van der Waals surface area contributed by atoms with Gasteiger partial charge in [0.15, 0.2) is 5.78 Å². The van der Waals surface area contributed by atoms with Gasteiger partial charge in [-0.05, 0) is 35.6 Å². The lowest BCUT2D eigenvalue weighted by atomic mass is 9.88. The predicted molar refractivity (Wildman–Crippen MR) is 111 cm³/mol. The van der Waals surface area contributed by atoms with E-state index in [1.165, 1.54) is 16.8 Å². The molecule has 28 heavy (non-hydrogen) atoms. The van der Waals surface area contributed by atoms with E-state index in [2.05, 4.69) is 12.1 Å². The number of ether oxygens (including phenoxy) is 1. The maximum Gasteiger partial charge on any atom is 0.184 e. The molecule has 0 radical (unpaired) electrons. The quantitative estimate of drug-likeness (QED) is 0.798. The Balaban J connectivity index is 1.40. The molecule has 0 amide bonds. The molecule has 0 spiro atoms. The standard InChI is InChI=1S/C24H24N2O2/c1-15(16-5-3-2-4-6-16)24(27)22-12-18-11-19-14-25-23(17-7-9-28-10-8-17)20(19)13-21(18)26-22/h2-6,11,13,15,17H,7-10,12,14H2,1H3/t15-/m0/s1. The van der Waals surface area contributed by atoms with Gasteiger partial charge in [-0.1, -0.05) is 43.3 Å². The van der Waals surface area contributed by atoms with Crippen LogP contribution in [0.5, 0.6) is 0 Å². The summed E-state index contributed by atoms with van der Waals surface area (Å²) >= 11 is 0. The monoisotopic (exact) mass is 372 g/mol. The van der Waals surface area contributed by atoms with E-state index in [0.29, 0.717) is 18.1 Å². The number of nitrogens with zero attached hydrogens (tertiary/aromatic N) is 2. The molecule has 1 atom stereocenters. The average Bonchev–Trinajstić information content (AvgIpc) is 3.35. The fourth-order valence-corrected chi connectivity index (χ4v) is 4.53. The Morgan fingerprint density at radius 3 is 2.68 bits per heavy atom. The van der Waals surface area contributed by atoms with Crippen molar-refractivity contribution in [2.45, 2.75) is 38.6 Å². The van der Waals surface area contributed by atoms with Crippen LogP contribution < -0.4 is 0 Å². The van der Waals surface area contributed by atoms with Crippen LogP contribution in [0.3, 0.4) is 0 Å². The van der Waals surface area contributed by atoms with E-state index in [4.69, 9.17) is 14.7 Å². The largest absolute Gasteiger partial charge is 0.381 e. The van der Waals surface area contributed by atoms with E-state index >= 15 is 0 Å². The summed E-state index contributed by atoms with van der Waals surface area (Å²) in [5.41, 5.74) is 7.56. The number of fused-ring (bicyclic) bond motifs is 2. The van der Waals surface area contributed by atoms with Crippen LogP contribution >= 0.6 is 0 Å². The van der Waals surface area contributed by atoms with Crippen molar-refractivity contribution < 1.29 is 9.53 Å². The number of benzene rings is 2. The number of ketones is 1. The molecule has 4 nitrogen and oxygen atoms in total. The molecule has 0 bridgehead atoms. The van der Waals surface area contributed by atoms with Crippen LogP contribution in [-0.2, 0) is 22.5 Å². The summed E-state index contributed by atoms with van der Waals surface area (Å²) in [7, 11) is 0. The second kappa shape index (κ2) is 7.10. The molecule has 2 aromatic carbocycles. The fraction of sp³-hybridized carbons (Fsp3) is 0.375. The zero-order chi connectivity index (χ0) is 19.1. The average molecular weight is 372 g/mol. The lowest BCUT2D eigenvalue weighted by Gasteiger charge is -2.22. The van der Waals surface area contributed by atoms with Gasteiger partial charge in [0.1, 0.15) is 0 Å². The van der Waals surface area contributed by atoms with Crippen molar-refractivity contribution in [1.29, 1.82) is 0 Å². The lowest BCUT2D eigenvalue weighted by molar-refractivity contribution is -0.114. The number of aliphatic imine (C=N–C) groups is 2. The van der Waals surface area contributed by atoms with Crippen LogP contribution in [0.25, 0.3) is 0 Å². The molecular formula is C24H24N2O2. The Labute approximate surface area is 165 Å². The number of Topliss-reactive ketones (excluding diaryl/α,β-unsaturated/α-hetero) is 1. The van der Waals surface area contributed by atoms with E-state index in [1.54, 1.807) is 0 Å². The molecule has 5 rings (SSSR count). The van der Waals surface area contributed by atoms with Crippen LogP contribution in [0.2, 0.25) is 0 Å². The van der Waals surface area contributed by atoms with Crippen molar-refractivity contribution >= 4 is 22.9 Å². The first-order valence-corrected chi connectivity index (χ1v) is 10.2. The molecule has 3 aliphatic rings. The summed E-state index contributed by atoms with van der Waals surface area (Å²) in [4.78, 5) is 22.6. The molecule has 1 saturated heterocycles. The van der Waals surface area contributed by atoms with E-state index in [0.717, 1.165) is 49.4 Å². The Hall–Kier alpha value is -2.59. The molecule has 0 saturated carbocycles. The van der Waals surface area contributed by atoms with Crippen LogP contribution in [0.4, 0.5) is 5.69 Å². The molecule has 3 aliphatic heterocycles. The first-order valence-electron chi connectivity index (χ1n) is 10.2. The maximum atomic E-state index is 13.0. The Kier molecular flexibility index (Phi) is 4.44. The Morgan fingerprint density at radius 2 is 1.89 bits per heavy atom. The molecule has 4 heteroatoms. The first kappa shape index (κ1) is 17.5. The van der Waals surface area contributed by atoms with Gasteiger partial charge in [0.2, 0.25) is 0 Å². The second-order valence-electron chi connectivity index (χ2n) is 7.96. The summed E-state index contributed by atoms with van der Waals surface area (Å²) in [6.45, 7) is 4.36. The molecule has 2 aromatic rings. The molecule has 1 fully saturated rings. The van der Waals surface area contributed by atoms with Gasteiger partial charge in [0, 0.05) is 42.7 Å². The number of hydrogen-bond donors (Lipinski definition) is 0. The number of hydrogen-bond acceptors (Lipinski definition) is 4. The van der Waals surface area contributed by atoms with E-state index in [9.17, 15) is 4.79 Å². The van der Waals surface area contributed by atoms with Crippen LogP contribution in [0.15, 0.2) is 52.4 Å².